The Morgan fingerprint density at radius 3 is 2.70 bits per heavy atom. The van der Waals surface area contributed by atoms with Gasteiger partial charge in [-0.3, -0.25) is 4.79 Å². The van der Waals surface area contributed by atoms with Gasteiger partial charge in [-0.2, -0.15) is 11.8 Å². The molecule has 0 aromatic heterocycles. The summed E-state index contributed by atoms with van der Waals surface area (Å²) in [6.45, 7) is 1.84. The molecule has 7 heteroatoms. The summed E-state index contributed by atoms with van der Waals surface area (Å²) in [5.74, 6) is 0.398. The van der Waals surface area contributed by atoms with Crippen molar-refractivity contribution >= 4 is 33.1 Å². The smallest absolute Gasteiger partial charge is 0.169 e. The Labute approximate surface area is 122 Å². The third-order valence-electron chi connectivity index (χ3n) is 3.24. The van der Waals surface area contributed by atoms with Crippen molar-refractivity contribution in [3.63, 3.8) is 0 Å². The largest absolute Gasteiger partial charge is 0.351 e. The van der Waals surface area contributed by atoms with Crippen molar-refractivity contribution in [3.05, 3.63) is 29.6 Å². The highest BCUT2D eigenvalue weighted by atomic mass is 32.2. The van der Waals surface area contributed by atoms with Crippen LogP contribution in [-0.4, -0.2) is 43.9 Å². The Morgan fingerprint density at radius 1 is 1.45 bits per heavy atom. The first-order valence-electron chi connectivity index (χ1n) is 6.14. The first-order chi connectivity index (χ1) is 9.30. The topological polar surface area (TPSA) is 54.5 Å². The number of sulfone groups is 1. The minimum Gasteiger partial charge on any atom is -0.351 e. The highest BCUT2D eigenvalue weighted by Gasteiger charge is 2.32. The monoisotopic (exact) mass is 317 g/mol. The van der Waals surface area contributed by atoms with Crippen LogP contribution in [-0.2, 0) is 9.84 Å². The molecule has 0 spiro atoms. The van der Waals surface area contributed by atoms with Gasteiger partial charge in [0.2, 0.25) is 0 Å². The van der Waals surface area contributed by atoms with Crippen LogP contribution in [0.15, 0.2) is 18.2 Å². The highest BCUT2D eigenvalue weighted by Crippen LogP contribution is 2.29. The Hall–Kier alpha value is -1.08. The maximum absolute atomic E-state index is 14.2. The molecule has 0 bridgehead atoms. The van der Waals surface area contributed by atoms with E-state index < -0.39 is 21.0 Å². The zero-order valence-electron chi connectivity index (χ0n) is 11.3. The lowest BCUT2D eigenvalue weighted by Gasteiger charge is -2.36. The Morgan fingerprint density at radius 2 is 2.15 bits per heavy atom. The maximum atomic E-state index is 14.2. The number of halogens is 1. The number of hydrogen-bond acceptors (Lipinski definition) is 5. The third-order valence-corrected chi connectivity index (χ3v) is 5.89. The summed E-state index contributed by atoms with van der Waals surface area (Å²) in [4.78, 5) is 12.8. The van der Waals surface area contributed by atoms with Gasteiger partial charge in [0, 0.05) is 29.9 Å². The van der Waals surface area contributed by atoms with Crippen LogP contribution in [0.2, 0.25) is 0 Å². The van der Waals surface area contributed by atoms with E-state index in [1.165, 1.54) is 31.4 Å². The molecule has 4 nitrogen and oxygen atoms in total. The van der Waals surface area contributed by atoms with Crippen molar-refractivity contribution in [1.82, 2.24) is 0 Å². The molecule has 1 aromatic rings. The number of carbonyl (C=O) groups excluding carboxylic acids is 1. The molecule has 0 amide bonds. The number of Topliss-reactive ketones (excluding diaryl/α,β-unsaturated/α-hetero) is 1. The first-order valence-corrected chi connectivity index (χ1v) is 9.25. The van der Waals surface area contributed by atoms with Gasteiger partial charge in [-0.15, -0.1) is 0 Å². The van der Waals surface area contributed by atoms with Crippen molar-refractivity contribution in [2.45, 2.75) is 12.3 Å². The number of hydrogen-bond donors (Lipinski definition) is 0. The summed E-state index contributed by atoms with van der Waals surface area (Å²) in [5, 5.41) is -0.723. The maximum Gasteiger partial charge on any atom is 0.169 e. The number of benzene rings is 1. The van der Waals surface area contributed by atoms with Crippen LogP contribution in [0.4, 0.5) is 10.1 Å². The molecule has 1 aliphatic heterocycles. The van der Waals surface area contributed by atoms with E-state index in [-0.39, 0.29) is 17.0 Å². The average molecular weight is 317 g/mol. The predicted molar refractivity (Wildman–Crippen MR) is 79.7 cm³/mol. The van der Waals surface area contributed by atoms with Crippen LogP contribution >= 0.6 is 11.8 Å². The normalized spacial score (nSPS) is 19.9. The molecule has 0 aliphatic carbocycles. The van der Waals surface area contributed by atoms with Gasteiger partial charge in [-0.25, -0.2) is 12.8 Å². The average Bonchev–Trinajstić information content (AvgIpc) is 2.37. The minimum absolute atomic E-state index is 0.218. The van der Waals surface area contributed by atoms with E-state index in [1.54, 1.807) is 16.7 Å². The first kappa shape index (κ1) is 15.3. The molecular formula is C13H16FNO3S2. The summed E-state index contributed by atoms with van der Waals surface area (Å²) in [5.41, 5.74) is 0.527. The molecule has 1 fully saturated rings. The zero-order chi connectivity index (χ0) is 14.9. The summed E-state index contributed by atoms with van der Waals surface area (Å²) >= 11 is 1.54. The van der Waals surface area contributed by atoms with E-state index in [2.05, 4.69) is 0 Å². The quantitative estimate of drug-likeness (QED) is 0.798. The third kappa shape index (κ3) is 3.15. The summed E-state index contributed by atoms with van der Waals surface area (Å²) < 4.78 is 37.8. The van der Waals surface area contributed by atoms with Gasteiger partial charge in [-0.1, -0.05) is 0 Å². The van der Waals surface area contributed by atoms with E-state index in [1.807, 2.05) is 0 Å². The molecule has 1 unspecified atom stereocenters. The van der Waals surface area contributed by atoms with E-state index in [0.717, 1.165) is 5.75 Å². The van der Waals surface area contributed by atoms with Gasteiger partial charge in [0.15, 0.2) is 15.6 Å². The molecule has 20 heavy (non-hydrogen) atoms. The lowest BCUT2D eigenvalue weighted by Crippen LogP contribution is -2.47. The Bertz CT molecular complexity index is 631. The molecule has 1 atom stereocenters. The number of rotatable bonds is 3. The fourth-order valence-corrected chi connectivity index (χ4v) is 5.00. The predicted octanol–water partition coefficient (Wildman–Crippen LogP) is 1.95. The van der Waals surface area contributed by atoms with Crippen molar-refractivity contribution in [2.75, 3.05) is 29.2 Å². The molecule has 1 aliphatic rings. The Kier molecular flexibility index (Phi) is 4.39. The van der Waals surface area contributed by atoms with Crippen LogP contribution < -0.4 is 4.90 Å². The molecule has 0 N–H and O–H groups in total. The van der Waals surface area contributed by atoms with Crippen LogP contribution in [0, 0.1) is 5.82 Å². The van der Waals surface area contributed by atoms with Crippen LogP contribution in [0.3, 0.4) is 0 Å². The van der Waals surface area contributed by atoms with Gasteiger partial charge in [0.1, 0.15) is 11.2 Å². The molecule has 110 valence electrons. The second-order valence-electron chi connectivity index (χ2n) is 4.77. The minimum atomic E-state index is -3.29. The second-order valence-corrected chi connectivity index (χ2v) is 8.13. The second kappa shape index (κ2) is 5.73. The van der Waals surface area contributed by atoms with Crippen molar-refractivity contribution in [3.8, 4) is 0 Å². The van der Waals surface area contributed by atoms with Crippen LogP contribution in [0.5, 0.6) is 0 Å². The summed E-state index contributed by atoms with van der Waals surface area (Å²) in [6, 6.07) is 4.18. The molecular weight excluding hydrogens is 301 g/mol. The van der Waals surface area contributed by atoms with Gasteiger partial charge in [-0.05, 0) is 25.1 Å². The number of thioether (sulfide) groups is 1. The van der Waals surface area contributed by atoms with Crippen molar-refractivity contribution < 1.29 is 17.6 Å². The molecule has 0 radical (unpaired) electrons. The highest BCUT2D eigenvalue weighted by molar-refractivity contribution is 8.01. The molecule has 1 saturated heterocycles. The Balaban J connectivity index is 2.40. The lowest BCUT2D eigenvalue weighted by atomic mass is 10.1. The molecule has 1 heterocycles. The standard InChI is InChI=1S/C13H16FNO3S2/c1-9(16)10-3-4-12(11(14)7-10)15-5-6-19-8-13(15)20(2,17)18/h3-4,7,13H,5-6,8H2,1-2H3. The fourth-order valence-electron chi connectivity index (χ4n) is 2.17. The van der Waals surface area contributed by atoms with E-state index in [4.69, 9.17) is 0 Å². The zero-order valence-corrected chi connectivity index (χ0v) is 12.9. The SMILES string of the molecule is CC(=O)c1ccc(N2CCSCC2S(C)(=O)=O)c(F)c1. The van der Waals surface area contributed by atoms with Crippen LogP contribution in [0.25, 0.3) is 0 Å². The molecule has 0 saturated carbocycles. The lowest BCUT2D eigenvalue weighted by molar-refractivity contribution is 0.101. The van der Waals surface area contributed by atoms with Gasteiger partial charge >= 0.3 is 0 Å². The number of ketones is 1. The fraction of sp³-hybridized carbons (Fsp3) is 0.462. The van der Waals surface area contributed by atoms with Gasteiger partial charge in [0.05, 0.1) is 5.69 Å². The van der Waals surface area contributed by atoms with Crippen molar-refractivity contribution in [1.29, 1.82) is 0 Å². The van der Waals surface area contributed by atoms with Gasteiger partial charge in [0.25, 0.3) is 0 Å². The summed E-state index contributed by atoms with van der Waals surface area (Å²) in [7, 11) is -3.29. The van der Waals surface area contributed by atoms with Gasteiger partial charge < -0.3 is 4.90 Å². The number of carbonyl (C=O) groups is 1. The summed E-state index contributed by atoms with van der Waals surface area (Å²) in [6.07, 6.45) is 1.17. The molecule has 1 aromatic carbocycles. The van der Waals surface area contributed by atoms with E-state index in [9.17, 15) is 17.6 Å². The molecule has 2 rings (SSSR count). The van der Waals surface area contributed by atoms with Crippen molar-refractivity contribution in [2.24, 2.45) is 0 Å². The number of anilines is 1. The number of nitrogens with zero attached hydrogens (tertiary/aromatic N) is 1. The van der Waals surface area contributed by atoms with E-state index in [0.29, 0.717) is 12.3 Å². The van der Waals surface area contributed by atoms with E-state index >= 15 is 0 Å². The van der Waals surface area contributed by atoms with Crippen LogP contribution in [0.1, 0.15) is 17.3 Å².